The number of carbonyl (C=O) groups is 1. The molecule has 0 atom stereocenters. The number of hydrogen-bond acceptors (Lipinski definition) is 7. The molecular weight excluding hydrogens is 498 g/mol. The zero-order chi connectivity index (χ0) is 28.0. The lowest BCUT2D eigenvalue weighted by molar-refractivity contribution is 0.0950. The molecule has 0 saturated carbocycles. The first-order valence-corrected chi connectivity index (χ1v) is 15.8. The molecule has 0 bridgehead atoms. The van der Waals surface area contributed by atoms with Gasteiger partial charge in [0, 0.05) is 64.0 Å². The van der Waals surface area contributed by atoms with E-state index < -0.39 is 0 Å². The van der Waals surface area contributed by atoms with Crippen LogP contribution in [0.15, 0.2) is 30.3 Å². The third-order valence-corrected chi connectivity index (χ3v) is 8.13. The highest BCUT2D eigenvalue weighted by molar-refractivity contribution is 5.94. The Kier molecular flexibility index (Phi) is 12.3. The molecule has 2 aromatic rings. The highest BCUT2D eigenvalue weighted by Gasteiger charge is 2.20. The van der Waals surface area contributed by atoms with E-state index in [2.05, 4.69) is 57.5 Å². The molecular formula is C32H51N7O. The van der Waals surface area contributed by atoms with Gasteiger partial charge in [0.2, 0.25) is 5.95 Å². The first-order chi connectivity index (χ1) is 19.6. The summed E-state index contributed by atoms with van der Waals surface area (Å²) in [7, 11) is 2.09. The van der Waals surface area contributed by atoms with Gasteiger partial charge in [-0.05, 0) is 63.3 Å². The van der Waals surface area contributed by atoms with Crippen molar-refractivity contribution in [3.8, 4) is 0 Å². The van der Waals surface area contributed by atoms with Crippen molar-refractivity contribution in [2.24, 2.45) is 0 Å². The molecule has 1 aromatic heterocycles. The van der Waals surface area contributed by atoms with Gasteiger partial charge >= 0.3 is 0 Å². The van der Waals surface area contributed by atoms with Crippen LogP contribution in [0.25, 0.3) is 0 Å². The number of unbranched alkanes of at least 4 members (excludes halogenated alkanes) is 5. The van der Waals surface area contributed by atoms with E-state index in [4.69, 9.17) is 9.97 Å². The second-order valence-corrected chi connectivity index (χ2v) is 11.5. The van der Waals surface area contributed by atoms with Gasteiger partial charge < -0.3 is 25.3 Å². The molecule has 2 N–H and O–H groups in total. The van der Waals surface area contributed by atoms with E-state index in [9.17, 15) is 4.79 Å². The number of aromatic nitrogens is 2. The van der Waals surface area contributed by atoms with Crippen LogP contribution in [0.4, 0.5) is 17.6 Å². The normalized spacial score (nSPS) is 15.3. The lowest BCUT2D eigenvalue weighted by atomic mass is 10.0. The number of benzene rings is 1. The molecule has 3 heterocycles. The first kappa shape index (κ1) is 30.1. The van der Waals surface area contributed by atoms with Gasteiger partial charge in [0.1, 0.15) is 11.6 Å². The minimum absolute atomic E-state index is 0.00232. The van der Waals surface area contributed by atoms with E-state index in [1.54, 1.807) is 0 Å². The van der Waals surface area contributed by atoms with Crippen LogP contribution in [0.2, 0.25) is 0 Å². The van der Waals surface area contributed by atoms with Crippen molar-refractivity contribution in [1.29, 1.82) is 0 Å². The Balaban J connectivity index is 1.15. The number of carbonyl (C=O) groups excluding carboxylic acids is 1. The lowest BCUT2D eigenvalue weighted by Crippen LogP contribution is -2.35. The molecule has 220 valence electrons. The van der Waals surface area contributed by atoms with Crippen molar-refractivity contribution in [1.82, 2.24) is 20.2 Å². The van der Waals surface area contributed by atoms with Crippen LogP contribution in [0.1, 0.15) is 87.1 Å². The lowest BCUT2D eigenvalue weighted by Gasteiger charge is -2.22. The van der Waals surface area contributed by atoms with Crippen molar-refractivity contribution < 1.29 is 4.79 Å². The molecule has 0 spiro atoms. The zero-order valence-corrected chi connectivity index (χ0v) is 25.0. The molecule has 8 nitrogen and oxygen atoms in total. The number of aryl methyl sites for hydroxylation is 1. The molecule has 40 heavy (non-hydrogen) atoms. The fourth-order valence-corrected chi connectivity index (χ4v) is 5.56. The molecule has 1 amide bonds. The summed E-state index contributed by atoms with van der Waals surface area (Å²) in [4.78, 5) is 29.3. The Morgan fingerprint density at radius 2 is 1.50 bits per heavy atom. The van der Waals surface area contributed by atoms with Crippen molar-refractivity contribution in [3.63, 3.8) is 0 Å². The topological polar surface area (TPSA) is 76.6 Å². The van der Waals surface area contributed by atoms with E-state index in [0.29, 0.717) is 6.54 Å². The second kappa shape index (κ2) is 16.4. The molecule has 2 aliphatic heterocycles. The van der Waals surface area contributed by atoms with Crippen molar-refractivity contribution in [2.45, 2.75) is 77.6 Å². The van der Waals surface area contributed by atoms with Crippen LogP contribution >= 0.6 is 0 Å². The molecule has 0 radical (unpaired) electrons. The summed E-state index contributed by atoms with van der Waals surface area (Å²) in [6.07, 6.45) is 13.8. The summed E-state index contributed by atoms with van der Waals surface area (Å²) in [6.45, 7) is 9.57. The summed E-state index contributed by atoms with van der Waals surface area (Å²) in [5.74, 6) is 2.81. The van der Waals surface area contributed by atoms with Crippen molar-refractivity contribution in [2.75, 3.05) is 74.5 Å². The number of nitrogens with zero attached hydrogens (tertiary/aromatic N) is 5. The smallest absolute Gasteiger partial charge is 0.251 e. The van der Waals surface area contributed by atoms with E-state index in [0.717, 1.165) is 75.4 Å². The predicted octanol–water partition coefficient (Wildman–Crippen LogP) is 5.35. The van der Waals surface area contributed by atoms with Gasteiger partial charge in [0.15, 0.2) is 0 Å². The fraction of sp³-hybridized carbons (Fsp3) is 0.656. The Hall–Kier alpha value is -2.87. The maximum absolute atomic E-state index is 12.6. The fourth-order valence-electron chi connectivity index (χ4n) is 5.56. The van der Waals surface area contributed by atoms with Crippen LogP contribution in [0.5, 0.6) is 0 Å². The maximum Gasteiger partial charge on any atom is 0.251 e. The molecule has 8 heteroatoms. The summed E-state index contributed by atoms with van der Waals surface area (Å²) < 4.78 is 0. The number of amides is 1. The summed E-state index contributed by atoms with van der Waals surface area (Å²) in [5.41, 5.74) is 2.06. The van der Waals surface area contributed by atoms with Gasteiger partial charge in [0.05, 0.1) is 0 Å². The molecule has 4 rings (SSSR count). The zero-order valence-electron chi connectivity index (χ0n) is 25.0. The maximum atomic E-state index is 12.6. The average molecular weight is 550 g/mol. The van der Waals surface area contributed by atoms with Gasteiger partial charge in [-0.25, -0.2) is 0 Å². The third-order valence-electron chi connectivity index (χ3n) is 8.13. The molecule has 2 fully saturated rings. The largest absolute Gasteiger partial charge is 0.369 e. The van der Waals surface area contributed by atoms with Gasteiger partial charge in [-0.2, -0.15) is 9.97 Å². The minimum Gasteiger partial charge on any atom is -0.369 e. The van der Waals surface area contributed by atoms with Crippen LogP contribution in [-0.2, 0) is 6.42 Å². The molecule has 1 aromatic carbocycles. The highest BCUT2D eigenvalue weighted by atomic mass is 16.1. The van der Waals surface area contributed by atoms with Crippen LogP contribution in [0.3, 0.4) is 0 Å². The number of rotatable bonds is 17. The van der Waals surface area contributed by atoms with E-state index in [1.807, 2.05) is 12.1 Å². The van der Waals surface area contributed by atoms with E-state index in [-0.39, 0.29) is 5.91 Å². The number of nitrogens with one attached hydrogen (secondary N) is 2. The van der Waals surface area contributed by atoms with Gasteiger partial charge in [0.25, 0.3) is 5.91 Å². The third kappa shape index (κ3) is 9.65. The summed E-state index contributed by atoms with van der Waals surface area (Å²) in [6, 6.07) is 10.2. The molecule has 2 saturated heterocycles. The molecule has 2 aliphatic rings. The second-order valence-electron chi connectivity index (χ2n) is 11.5. The SMILES string of the molecule is CCCCCCCCc1ccc(C(=O)NCCN(C)CCNc2cc(N3CCCC3)nc(N3CCCC3)n2)cc1. The van der Waals surface area contributed by atoms with Gasteiger partial charge in [-0.3, -0.25) is 4.79 Å². The van der Waals surface area contributed by atoms with Gasteiger partial charge in [-0.1, -0.05) is 51.2 Å². The highest BCUT2D eigenvalue weighted by Crippen LogP contribution is 2.25. The number of hydrogen-bond donors (Lipinski definition) is 2. The minimum atomic E-state index is 0.00232. The van der Waals surface area contributed by atoms with Crippen LogP contribution in [-0.4, -0.2) is 80.2 Å². The van der Waals surface area contributed by atoms with Crippen molar-refractivity contribution >= 4 is 23.5 Å². The quantitative estimate of drug-likeness (QED) is 0.258. The van der Waals surface area contributed by atoms with E-state index in [1.165, 1.54) is 69.8 Å². The number of anilines is 3. The van der Waals surface area contributed by atoms with E-state index >= 15 is 0 Å². The Bertz CT molecular complexity index is 982. The molecule has 0 unspecified atom stereocenters. The number of likely N-dealkylation sites (N-methyl/N-ethyl adjacent to an activating group) is 1. The summed E-state index contributed by atoms with van der Waals surface area (Å²) >= 11 is 0. The monoisotopic (exact) mass is 549 g/mol. The predicted molar refractivity (Wildman–Crippen MR) is 167 cm³/mol. The Morgan fingerprint density at radius 3 is 2.23 bits per heavy atom. The van der Waals surface area contributed by atoms with Crippen LogP contribution in [0, 0.1) is 0 Å². The Labute approximate surface area is 241 Å². The average Bonchev–Trinajstić information content (AvgIpc) is 3.70. The first-order valence-electron chi connectivity index (χ1n) is 15.8. The standard InChI is InChI=1S/C32H51N7O/c1-3-4-5-6-7-8-13-27-14-16-28(17-15-27)31(40)34-19-25-37(2)24-18-33-29-26-30(38-20-9-10-21-38)36-32(35-29)39-22-11-12-23-39/h14-17,26H,3-13,18-25H2,1-2H3,(H,34,40)(H,33,35,36). The van der Waals surface area contributed by atoms with Crippen LogP contribution < -0.4 is 20.4 Å². The Morgan fingerprint density at radius 1 is 0.850 bits per heavy atom. The van der Waals surface area contributed by atoms with Gasteiger partial charge in [-0.15, -0.1) is 0 Å². The summed E-state index contributed by atoms with van der Waals surface area (Å²) in [5, 5.41) is 6.60. The molecule has 0 aliphatic carbocycles. The van der Waals surface area contributed by atoms with Crippen molar-refractivity contribution in [3.05, 3.63) is 41.5 Å².